The molecule has 0 radical (unpaired) electrons. The molecule has 18 heavy (non-hydrogen) atoms. The zero-order chi connectivity index (χ0) is 13.0. The second-order valence-electron chi connectivity index (χ2n) is 4.60. The summed E-state index contributed by atoms with van der Waals surface area (Å²) in [4.78, 5) is 12.8. The quantitative estimate of drug-likeness (QED) is 0.854. The van der Waals surface area contributed by atoms with Crippen LogP contribution in [0.2, 0.25) is 0 Å². The average molecular weight is 268 g/mol. The molecule has 3 atom stereocenters. The van der Waals surface area contributed by atoms with E-state index in [4.69, 9.17) is 10.5 Å². The van der Waals surface area contributed by atoms with Gasteiger partial charge in [0.25, 0.3) is 0 Å². The Morgan fingerprint density at radius 2 is 2.56 bits per heavy atom. The van der Waals surface area contributed by atoms with Gasteiger partial charge in [-0.25, -0.2) is 0 Å². The fourth-order valence-corrected chi connectivity index (χ4v) is 3.04. The van der Waals surface area contributed by atoms with Gasteiger partial charge in [-0.1, -0.05) is 13.0 Å². The molecule has 1 aromatic heterocycles. The fourth-order valence-electron chi connectivity index (χ4n) is 2.32. The second-order valence-corrected chi connectivity index (χ2v) is 5.58. The van der Waals surface area contributed by atoms with Crippen LogP contribution in [-0.4, -0.2) is 25.2 Å². The molecule has 3 N–H and O–H groups in total. The highest BCUT2D eigenvalue weighted by atomic mass is 32.1. The van der Waals surface area contributed by atoms with Crippen LogP contribution in [0.3, 0.4) is 0 Å². The molecule has 1 fully saturated rings. The van der Waals surface area contributed by atoms with Gasteiger partial charge in [-0.2, -0.15) is 0 Å². The summed E-state index contributed by atoms with van der Waals surface area (Å²) in [5.41, 5.74) is 5.90. The zero-order valence-electron chi connectivity index (χ0n) is 10.6. The molecule has 3 unspecified atom stereocenters. The topological polar surface area (TPSA) is 64.3 Å². The molecule has 0 spiro atoms. The first-order valence-electron chi connectivity index (χ1n) is 6.40. The van der Waals surface area contributed by atoms with Gasteiger partial charge in [0, 0.05) is 23.9 Å². The van der Waals surface area contributed by atoms with E-state index in [1.54, 1.807) is 0 Å². The second kappa shape index (κ2) is 6.31. The number of amides is 1. The molecule has 5 heteroatoms. The maximum absolute atomic E-state index is 11.9. The molecule has 1 aliphatic heterocycles. The Bertz CT molecular complexity index is 380. The summed E-state index contributed by atoms with van der Waals surface area (Å²) in [6.45, 7) is 3.58. The van der Waals surface area contributed by atoms with Gasteiger partial charge in [0.15, 0.2) is 0 Å². The molecular weight excluding hydrogens is 248 g/mol. The highest BCUT2D eigenvalue weighted by Crippen LogP contribution is 2.23. The largest absolute Gasteiger partial charge is 0.378 e. The van der Waals surface area contributed by atoms with Gasteiger partial charge in [-0.15, -0.1) is 11.3 Å². The van der Waals surface area contributed by atoms with E-state index in [1.165, 1.54) is 11.3 Å². The van der Waals surface area contributed by atoms with Gasteiger partial charge in [0.05, 0.1) is 6.10 Å². The lowest BCUT2D eigenvalue weighted by atomic mass is 9.99. The van der Waals surface area contributed by atoms with Gasteiger partial charge in [-0.3, -0.25) is 4.79 Å². The number of rotatable bonds is 5. The lowest BCUT2D eigenvalue weighted by molar-refractivity contribution is -0.122. The lowest BCUT2D eigenvalue weighted by Gasteiger charge is -2.18. The molecular formula is C13H20N2O2S. The third-order valence-corrected chi connectivity index (χ3v) is 4.37. The fraction of sp³-hybridized carbons (Fsp3) is 0.615. The highest BCUT2D eigenvalue weighted by Gasteiger charge is 2.27. The maximum atomic E-state index is 11.9. The van der Waals surface area contributed by atoms with Crippen molar-refractivity contribution in [2.24, 2.45) is 11.7 Å². The summed E-state index contributed by atoms with van der Waals surface area (Å²) >= 11 is 1.51. The minimum atomic E-state index is -0.549. The van der Waals surface area contributed by atoms with Crippen LogP contribution < -0.4 is 11.1 Å². The third kappa shape index (κ3) is 3.10. The predicted octanol–water partition coefficient (Wildman–Crippen LogP) is 1.68. The molecule has 0 bridgehead atoms. The van der Waals surface area contributed by atoms with Crippen molar-refractivity contribution in [2.45, 2.75) is 31.9 Å². The van der Waals surface area contributed by atoms with E-state index in [-0.39, 0.29) is 12.0 Å². The number of hydrogen-bond donors (Lipinski definition) is 2. The normalized spacial score (nSPS) is 25.0. The zero-order valence-corrected chi connectivity index (χ0v) is 11.4. The van der Waals surface area contributed by atoms with Crippen molar-refractivity contribution in [3.8, 4) is 0 Å². The van der Waals surface area contributed by atoms with E-state index in [2.05, 4.69) is 12.2 Å². The summed E-state index contributed by atoms with van der Waals surface area (Å²) in [7, 11) is 0. The molecule has 0 aromatic carbocycles. The van der Waals surface area contributed by atoms with Crippen LogP contribution in [0, 0.1) is 5.92 Å². The van der Waals surface area contributed by atoms with Gasteiger partial charge in [0.2, 0.25) is 5.91 Å². The average Bonchev–Trinajstić information content (AvgIpc) is 3.05. The number of thiophene rings is 1. The molecule has 2 heterocycles. The van der Waals surface area contributed by atoms with Crippen LogP contribution in [0.15, 0.2) is 17.5 Å². The van der Waals surface area contributed by atoms with E-state index in [0.29, 0.717) is 12.5 Å². The summed E-state index contributed by atoms with van der Waals surface area (Å²) in [6.07, 6.45) is 2.30. The standard InChI is InChI=1S/C13H20N2O2S/c1-2-10-9(5-6-17-10)8-15-13(16)12(14)11-4-3-7-18-11/h3-4,7,9-10,12H,2,5-6,8,14H2,1H3,(H,15,16). The SMILES string of the molecule is CCC1OCCC1CNC(=O)C(N)c1cccs1. The molecule has 1 aromatic rings. The van der Waals surface area contributed by atoms with Crippen molar-refractivity contribution in [1.82, 2.24) is 5.32 Å². The lowest BCUT2D eigenvalue weighted by Crippen LogP contribution is -2.38. The molecule has 1 amide bonds. The van der Waals surface area contributed by atoms with Gasteiger partial charge in [-0.05, 0) is 24.3 Å². The Morgan fingerprint density at radius 1 is 1.72 bits per heavy atom. The summed E-state index contributed by atoms with van der Waals surface area (Å²) < 4.78 is 5.60. The number of carbonyl (C=O) groups excluding carboxylic acids is 1. The Morgan fingerprint density at radius 3 is 3.22 bits per heavy atom. The molecule has 100 valence electrons. The summed E-state index contributed by atoms with van der Waals surface area (Å²) in [5.74, 6) is 0.327. The molecule has 4 nitrogen and oxygen atoms in total. The van der Waals surface area contributed by atoms with Crippen molar-refractivity contribution >= 4 is 17.2 Å². The van der Waals surface area contributed by atoms with Crippen LogP contribution in [0.4, 0.5) is 0 Å². The van der Waals surface area contributed by atoms with E-state index in [9.17, 15) is 4.79 Å². The monoisotopic (exact) mass is 268 g/mol. The van der Waals surface area contributed by atoms with Crippen LogP contribution in [0.5, 0.6) is 0 Å². The molecule has 2 rings (SSSR count). The van der Waals surface area contributed by atoms with Crippen molar-refractivity contribution in [1.29, 1.82) is 0 Å². The Labute approximate surface area is 112 Å². The van der Waals surface area contributed by atoms with Crippen molar-refractivity contribution in [3.63, 3.8) is 0 Å². The first-order chi connectivity index (χ1) is 8.72. The van der Waals surface area contributed by atoms with Crippen LogP contribution in [0.1, 0.15) is 30.7 Å². The minimum Gasteiger partial charge on any atom is -0.378 e. The first kappa shape index (κ1) is 13.5. The van der Waals surface area contributed by atoms with E-state index in [1.807, 2.05) is 17.5 Å². The summed E-state index contributed by atoms with van der Waals surface area (Å²) in [5, 5.41) is 4.87. The molecule has 0 saturated carbocycles. The summed E-state index contributed by atoms with van der Waals surface area (Å²) in [6, 6.07) is 3.25. The van der Waals surface area contributed by atoms with Gasteiger partial charge >= 0.3 is 0 Å². The molecule has 1 saturated heterocycles. The number of ether oxygens (including phenoxy) is 1. The number of hydrogen-bond acceptors (Lipinski definition) is 4. The van der Waals surface area contributed by atoms with Crippen LogP contribution in [0.25, 0.3) is 0 Å². The van der Waals surface area contributed by atoms with Crippen LogP contribution >= 0.6 is 11.3 Å². The van der Waals surface area contributed by atoms with Crippen molar-refractivity contribution in [3.05, 3.63) is 22.4 Å². The predicted molar refractivity (Wildman–Crippen MR) is 72.4 cm³/mol. The van der Waals surface area contributed by atoms with E-state index in [0.717, 1.165) is 24.3 Å². The number of nitrogens with two attached hydrogens (primary N) is 1. The van der Waals surface area contributed by atoms with Gasteiger partial charge in [0.1, 0.15) is 6.04 Å². The number of carbonyl (C=O) groups is 1. The highest BCUT2D eigenvalue weighted by molar-refractivity contribution is 7.10. The minimum absolute atomic E-state index is 0.0980. The van der Waals surface area contributed by atoms with Crippen LogP contribution in [-0.2, 0) is 9.53 Å². The smallest absolute Gasteiger partial charge is 0.242 e. The van der Waals surface area contributed by atoms with Gasteiger partial charge < -0.3 is 15.8 Å². The van der Waals surface area contributed by atoms with Crippen molar-refractivity contribution in [2.75, 3.05) is 13.2 Å². The van der Waals surface area contributed by atoms with E-state index < -0.39 is 6.04 Å². The Kier molecular flexibility index (Phi) is 4.74. The maximum Gasteiger partial charge on any atom is 0.242 e. The Hall–Kier alpha value is -0.910. The van der Waals surface area contributed by atoms with E-state index >= 15 is 0 Å². The molecule has 1 aliphatic rings. The number of nitrogens with one attached hydrogen (secondary N) is 1. The van der Waals surface area contributed by atoms with Crippen molar-refractivity contribution < 1.29 is 9.53 Å². The first-order valence-corrected chi connectivity index (χ1v) is 7.28. The third-order valence-electron chi connectivity index (χ3n) is 3.42. The molecule has 0 aliphatic carbocycles. The Balaban J connectivity index is 1.81.